The average molecular weight is 126 g/mol. The highest BCUT2D eigenvalue weighted by Gasteiger charge is 2.27. The zero-order valence-corrected chi connectivity index (χ0v) is 5.17. The van der Waals surface area contributed by atoms with Crippen molar-refractivity contribution in [3.05, 3.63) is 0 Å². The number of nitrogens with zero attached hydrogens (tertiary/aromatic N) is 2. The van der Waals surface area contributed by atoms with Crippen LogP contribution in [0.1, 0.15) is 6.42 Å². The minimum absolute atomic E-state index is 0.450. The molecular formula is C5H10N4. The zero-order chi connectivity index (χ0) is 6.10. The lowest BCUT2D eigenvalue weighted by Gasteiger charge is -2.22. The van der Waals surface area contributed by atoms with E-state index in [0.29, 0.717) is 12.1 Å². The predicted octanol–water partition coefficient (Wildman–Crippen LogP) is -0.313. The molecule has 0 saturated carbocycles. The van der Waals surface area contributed by atoms with Crippen LogP contribution in [-0.2, 0) is 0 Å². The van der Waals surface area contributed by atoms with Crippen molar-refractivity contribution in [3.8, 4) is 0 Å². The number of hydrogen-bond acceptors (Lipinski definition) is 4. The smallest absolute Gasteiger partial charge is 0.0971 e. The van der Waals surface area contributed by atoms with E-state index in [1.165, 1.54) is 0 Å². The largest absolute Gasteiger partial charge is 0.314 e. The molecule has 0 spiro atoms. The fourth-order valence-electron chi connectivity index (χ4n) is 1.30. The van der Waals surface area contributed by atoms with Crippen LogP contribution in [0.2, 0.25) is 0 Å². The van der Waals surface area contributed by atoms with Gasteiger partial charge in [0.1, 0.15) is 0 Å². The monoisotopic (exact) mass is 126 g/mol. The Hall–Kier alpha value is -0.640. The van der Waals surface area contributed by atoms with Crippen molar-refractivity contribution in [2.75, 3.05) is 13.1 Å². The second-order valence-corrected chi connectivity index (χ2v) is 2.51. The lowest BCUT2D eigenvalue weighted by molar-refractivity contribution is 0.395. The predicted molar refractivity (Wildman–Crippen MR) is 33.1 cm³/mol. The second-order valence-electron chi connectivity index (χ2n) is 2.51. The third-order valence-electron chi connectivity index (χ3n) is 1.88. The van der Waals surface area contributed by atoms with Crippen molar-refractivity contribution < 1.29 is 0 Å². The molecule has 2 aliphatic rings. The van der Waals surface area contributed by atoms with Crippen molar-refractivity contribution in [1.82, 2.24) is 10.7 Å². The number of hydrogen-bond donors (Lipinski definition) is 2. The molecule has 50 valence electrons. The third-order valence-corrected chi connectivity index (χ3v) is 1.88. The van der Waals surface area contributed by atoms with Crippen LogP contribution in [0, 0.1) is 0 Å². The molecule has 0 radical (unpaired) electrons. The van der Waals surface area contributed by atoms with Gasteiger partial charge in [-0.25, -0.2) is 0 Å². The van der Waals surface area contributed by atoms with Crippen molar-refractivity contribution in [1.29, 1.82) is 0 Å². The molecule has 2 heterocycles. The van der Waals surface area contributed by atoms with Crippen LogP contribution in [-0.4, -0.2) is 25.2 Å². The molecule has 1 saturated heterocycles. The lowest BCUT2D eigenvalue weighted by atomic mass is 10.0. The second kappa shape index (κ2) is 1.95. The Bertz CT molecular complexity index is 133. The van der Waals surface area contributed by atoms with E-state index in [1.54, 1.807) is 0 Å². The van der Waals surface area contributed by atoms with Crippen LogP contribution in [0.4, 0.5) is 0 Å². The number of rotatable bonds is 0. The highest BCUT2D eigenvalue weighted by atomic mass is 15.5. The summed E-state index contributed by atoms with van der Waals surface area (Å²) in [5.74, 6) is 0. The molecule has 0 aliphatic carbocycles. The van der Waals surface area contributed by atoms with Crippen LogP contribution < -0.4 is 10.7 Å². The van der Waals surface area contributed by atoms with E-state index in [2.05, 4.69) is 21.1 Å². The van der Waals surface area contributed by atoms with Crippen LogP contribution in [0.25, 0.3) is 0 Å². The first-order valence-corrected chi connectivity index (χ1v) is 3.33. The maximum Gasteiger partial charge on any atom is 0.0971 e. The van der Waals surface area contributed by atoms with Gasteiger partial charge in [-0.1, -0.05) is 5.22 Å². The zero-order valence-electron chi connectivity index (χ0n) is 5.17. The van der Waals surface area contributed by atoms with Gasteiger partial charge in [-0.15, -0.1) is 0 Å². The van der Waals surface area contributed by atoms with Gasteiger partial charge in [0.2, 0.25) is 0 Å². The van der Waals surface area contributed by atoms with Crippen molar-refractivity contribution >= 4 is 0 Å². The maximum atomic E-state index is 4.03. The first-order chi connectivity index (χ1) is 4.47. The van der Waals surface area contributed by atoms with E-state index in [0.717, 1.165) is 19.5 Å². The summed E-state index contributed by atoms with van der Waals surface area (Å²) in [6.07, 6.45) is 1.13. The fourth-order valence-corrected chi connectivity index (χ4v) is 1.30. The number of fused-ring (bicyclic) bond motifs is 1. The minimum Gasteiger partial charge on any atom is -0.314 e. The molecule has 2 N–H and O–H groups in total. The molecule has 0 aromatic heterocycles. The van der Waals surface area contributed by atoms with Crippen molar-refractivity contribution in [2.24, 2.45) is 10.3 Å². The van der Waals surface area contributed by atoms with Gasteiger partial charge < -0.3 is 5.32 Å². The summed E-state index contributed by atoms with van der Waals surface area (Å²) in [4.78, 5) is 0. The number of nitrogens with one attached hydrogen (secondary N) is 2. The van der Waals surface area contributed by atoms with Gasteiger partial charge in [0, 0.05) is 6.54 Å². The Balaban J connectivity index is 2.03. The lowest BCUT2D eigenvalue weighted by Crippen LogP contribution is -2.46. The summed E-state index contributed by atoms with van der Waals surface area (Å²) in [6, 6.07) is 0.921. The Morgan fingerprint density at radius 2 is 2.44 bits per heavy atom. The summed E-state index contributed by atoms with van der Waals surface area (Å²) in [6.45, 7) is 2.10. The Morgan fingerprint density at radius 1 is 1.44 bits per heavy atom. The van der Waals surface area contributed by atoms with Gasteiger partial charge in [0.25, 0.3) is 0 Å². The molecule has 1 fully saturated rings. The van der Waals surface area contributed by atoms with E-state index in [1.807, 2.05) is 0 Å². The van der Waals surface area contributed by atoms with E-state index in [-0.39, 0.29) is 0 Å². The van der Waals surface area contributed by atoms with Gasteiger partial charge in [0.05, 0.1) is 12.1 Å². The normalized spacial score (nSPS) is 40.0. The Kier molecular flexibility index (Phi) is 1.12. The third kappa shape index (κ3) is 0.790. The molecule has 4 heteroatoms. The van der Waals surface area contributed by atoms with Gasteiger partial charge in [-0.2, -0.15) is 5.11 Å². The standard InChI is InChI=1S/C5H10N4/c1-2-6-3-5-4(1)7-9-8-5/h4-6H,1-3H2,(H,7,8). The van der Waals surface area contributed by atoms with Gasteiger partial charge >= 0.3 is 0 Å². The van der Waals surface area contributed by atoms with Crippen LogP contribution in [0.15, 0.2) is 10.3 Å². The maximum absolute atomic E-state index is 4.03. The summed E-state index contributed by atoms with van der Waals surface area (Å²) < 4.78 is 0. The van der Waals surface area contributed by atoms with Gasteiger partial charge in [-0.3, -0.25) is 5.43 Å². The summed E-state index contributed by atoms with van der Waals surface area (Å²) >= 11 is 0. The van der Waals surface area contributed by atoms with Crippen LogP contribution in [0.3, 0.4) is 0 Å². The molecule has 2 rings (SSSR count). The Morgan fingerprint density at radius 3 is 3.33 bits per heavy atom. The minimum atomic E-state index is 0.450. The Labute approximate surface area is 53.7 Å². The summed E-state index contributed by atoms with van der Waals surface area (Å²) in [7, 11) is 0. The van der Waals surface area contributed by atoms with E-state index in [4.69, 9.17) is 0 Å². The molecule has 0 aromatic rings. The van der Waals surface area contributed by atoms with Crippen LogP contribution in [0.5, 0.6) is 0 Å². The summed E-state index contributed by atoms with van der Waals surface area (Å²) in [5.41, 5.74) is 2.95. The molecule has 0 bridgehead atoms. The first kappa shape index (κ1) is 5.17. The molecule has 0 aromatic carbocycles. The van der Waals surface area contributed by atoms with Crippen LogP contribution >= 0.6 is 0 Å². The molecule has 4 nitrogen and oxygen atoms in total. The molecule has 9 heavy (non-hydrogen) atoms. The fraction of sp³-hybridized carbons (Fsp3) is 1.00. The summed E-state index contributed by atoms with van der Waals surface area (Å²) in [5, 5.41) is 11.1. The van der Waals surface area contributed by atoms with E-state index in [9.17, 15) is 0 Å². The quantitative estimate of drug-likeness (QED) is 0.467. The van der Waals surface area contributed by atoms with Crippen molar-refractivity contribution in [2.45, 2.75) is 18.5 Å². The average Bonchev–Trinajstić information content (AvgIpc) is 2.33. The van der Waals surface area contributed by atoms with Crippen molar-refractivity contribution in [3.63, 3.8) is 0 Å². The molecular weight excluding hydrogens is 116 g/mol. The molecule has 2 atom stereocenters. The van der Waals surface area contributed by atoms with Gasteiger partial charge in [-0.05, 0) is 13.0 Å². The van der Waals surface area contributed by atoms with E-state index >= 15 is 0 Å². The van der Waals surface area contributed by atoms with E-state index < -0.39 is 0 Å². The first-order valence-electron chi connectivity index (χ1n) is 3.33. The topological polar surface area (TPSA) is 48.8 Å². The SMILES string of the molecule is C1CC2N=NNC2CN1. The molecule has 2 aliphatic heterocycles. The molecule has 2 unspecified atom stereocenters. The highest BCUT2D eigenvalue weighted by molar-refractivity contribution is 4.89. The molecule has 0 amide bonds. The van der Waals surface area contributed by atoms with Gasteiger partial charge in [0.15, 0.2) is 0 Å². The number of piperidine rings is 1. The highest BCUT2D eigenvalue weighted by Crippen LogP contribution is 2.12.